The van der Waals surface area contributed by atoms with Crippen molar-refractivity contribution in [1.82, 2.24) is 10.2 Å². The van der Waals surface area contributed by atoms with Crippen molar-refractivity contribution in [2.24, 2.45) is 11.8 Å². The molecule has 3 N–H and O–H groups in total. The zero-order chi connectivity index (χ0) is 10.6. The Morgan fingerprint density at radius 3 is 2.64 bits per heavy atom. The highest BCUT2D eigenvalue weighted by Gasteiger charge is 2.09. The van der Waals surface area contributed by atoms with Crippen LogP contribution in [0, 0.1) is 5.92 Å². The molecule has 0 aromatic carbocycles. The fourth-order valence-corrected chi connectivity index (χ4v) is 2.50. The number of thioether (sulfide) groups is 1. The Morgan fingerprint density at radius 1 is 1.43 bits per heavy atom. The average Bonchev–Trinajstić information content (AvgIpc) is 2.61. The van der Waals surface area contributed by atoms with Crippen molar-refractivity contribution in [3.05, 3.63) is 5.01 Å². The summed E-state index contributed by atoms with van der Waals surface area (Å²) in [6, 6.07) is 0. The van der Waals surface area contributed by atoms with E-state index in [1.165, 1.54) is 11.3 Å². The molecule has 0 radical (unpaired) electrons. The second-order valence-corrected chi connectivity index (χ2v) is 5.83. The Bertz CT molecular complexity index is 274. The van der Waals surface area contributed by atoms with Gasteiger partial charge in [-0.05, 0) is 5.92 Å². The first-order chi connectivity index (χ1) is 6.63. The zero-order valence-electron chi connectivity index (χ0n) is 8.65. The predicted octanol–water partition coefficient (Wildman–Crippen LogP) is 2.10. The Balaban J connectivity index is 2.37. The van der Waals surface area contributed by atoms with Gasteiger partial charge in [-0.1, -0.05) is 32.1 Å². The van der Waals surface area contributed by atoms with Crippen molar-refractivity contribution < 1.29 is 0 Å². The number of anilines is 1. The smallest absolute Gasteiger partial charge is 0.219 e. The number of rotatable bonds is 5. The first kappa shape index (κ1) is 11.7. The normalized spacial score (nSPS) is 13.2. The standard InChI is InChI=1S/C8H16N4S2/c1-5(2)6(3)13-4-7-11-12-8(10-9)14-7/h5-6H,4,9H2,1-3H3,(H,10,12). The van der Waals surface area contributed by atoms with E-state index in [0.717, 1.165) is 10.8 Å². The number of nitrogens with two attached hydrogens (primary N) is 1. The van der Waals surface area contributed by atoms with Gasteiger partial charge in [-0.2, -0.15) is 11.8 Å². The van der Waals surface area contributed by atoms with Crippen LogP contribution in [0.4, 0.5) is 5.13 Å². The van der Waals surface area contributed by atoms with Crippen LogP contribution in [0.5, 0.6) is 0 Å². The van der Waals surface area contributed by atoms with Crippen molar-refractivity contribution >= 4 is 28.2 Å². The summed E-state index contributed by atoms with van der Waals surface area (Å²) in [5.74, 6) is 6.83. The maximum absolute atomic E-state index is 5.22. The zero-order valence-corrected chi connectivity index (χ0v) is 10.3. The molecule has 0 bridgehead atoms. The molecule has 80 valence electrons. The van der Waals surface area contributed by atoms with E-state index >= 15 is 0 Å². The third kappa shape index (κ3) is 3.43. The topological polar surface area (TPSA) is 63.8 Å². The molecule has 0 saturated carbocycles. The summed E-state index contributed by atoms with van der Waals surface area (Å²) in [7, 11) is 0. The molecular formula is C8H16N4S2. The lowest BCUT2D eigenvalue weighted by Crippen LogP contribution is -2.05. The Morgan fingerprint density at radius 2 is 2.14 bits per heavy atom. The highest BCUT2D eigenvalue weighted by atomic mass is 32.2. The van der Waals surface area contributed by atoms with Gasteiger partial charge in [-0.15, -0.1) is 10.2 Å². The second kappa shape index (κ2) is 5.53. The number of hydrogen-bond acceptors (Lipinski definition) is 6. The minimum Gasteiger partial charge on any atom is -0.298 e. The Kier molecular flexibility index (Phi) is 4.64. The first-order valence-electron chi connectivity index (χ1n) is 4.54. The van der Waals surface area contributed by atoms with Crippen LogP contribution < -0.4 is 11.3 Å². The molecule has 0 aliphatic rings. The lowest BCUT2D eigenvalue weighted by molar-refractivity contribution is 0.642. The molecule has 1 atom stereocenters. The van der Waals surface area contributed by atoms with Crippen molar-refractivity contribution in [1.29, 1.82) is 0 Å². The quantitative estimate of drug-likeness (QED) is 0.601. The molecule has 1 heterocycles. The number of aromatic nitrogens is 2. The molecule has 0 amide bonds. The van der Waals surface area contributed by atoms with Crippen molar-refractivity contribution in [3.8, 4) is 0 Å². The van der Waals surface area contributed by atoms with Gasteiger partial charge in [-0.25, -0.2) is 5.84 Å². The molecule has 6 heteroatoms. The summed E-state index contributed by atoms with van der Waals surface area (Å²) in [6.45, 7) is 6.69. The van der Waals surface area contributed by atoms with E-state index in [2.05, 4.69) is 36.4 Å². The van der Waals surface area contributed by atoms with Crippen LogP contribution in [0.25, 0.3) is 0 Å². The molecular weight excluding hydrogens is 216 g/mol. The monoisotopic (exact) mass is 232 g/mol. The van der Waals surface area contributed by atoms with Gasteiger partial charge in [0.15, 0.2) is 0 Å². The summed E-state index contributed by atoms with van der Waals surface area (Å²) in [4.78, 5) is 0. The fraction of sp³-hybridized carbons (Fsp3) is 0.750. The summed E-state index contributed by atoms with van der Waals surface area (Å²) in [5.41, 5.74) is 2.49. The van der Waals surface area contributed by atoms with E-state index in [4.69, 9.17) is 5.84 Å². The molecule has 1 aromatic rings. The van der Waals surface area contributed by atoms with Gasteiger partial charge >= 0.3 is 0 Å². The number of hydrazine groups is 1. The highest BCUT2D eigenvalue weighted by Crippen LogP contribution is 2.25. The molecule has 1 rings (SSSR count). The molecule has 0 spiro atoms. The minimum atomic E-state index is 0.646. The number of nitrogens with one attached hydrogen (secondary N) is 1. The van der Waals surface area contributed by atoms with Gasteiger partial charge in [0.05, 0.1) is 0 Å². The molecule has 0 fully saturated rings. The van der Waals surface area contributed by atoms with Gasteiger partial charge in [-0.3, -0.25) is 5.43 Å². The molecule has 0 aliphatic carbocycles. The summed E-state index contributed by atoms with van der Waals surface area (Å²) in [5, 5.41) is 10.2. The maximum atomic E-state index is 5.22. The van der Waals surface area contributed by atoms with Crippen LogP contribution in [0.2, 0.25) is 0 Å². The SMILES string of the molecule is CC(C)C(C)SCc1nnc(NN)s1. The van der Waals surface area contributed by atoms with E-state index in [9.17, 15) is 0 Å². The van der Waals surface area contributed by atoms with Crippen LogP contribution in [-0.2, 0) is 5.75 Å². The molecule has 1 unspecified atom stereocenters. The van der Waals surface area contributed by atoms with Gasteiger partial charge in [0.2, 0.25) is 5.13 Å². The van der Waals surface area contributed by atoms with E-state index < -0.39 is 0 Å². The lowest BCUT2D eigenvalue weighted by Gasteiger charge is -2.13. The molecule has 1 aromatic heterocycles. The van der Waals surface area contributed by atoms with Gasteiger partial charge in [0.25, 0.3) is 0 Å². The van der Waals surface area contributed by atoms with E-state index in [1.807, 2.05) is 11.8 Å². The largest absolute Gasteiger partial charge is 0.298 e. The van der Waals surface area contributed by atoms with Crippen LogP contribution in [0.1, 0.15) is 25.8 Å². The van der Waals surface area contributed by atoms with Crippen LogP contribution in [-0.4, -0.2) is 15.4 Å². The number of hydrogen-bond donors (Lipinski definition) is 2. The molecule has 0 aliphatic heterocycles. The van der Waals surface area contributed by atoms with Gasteiger partial charge in [0.1, 0.15) is 5.01 Å². The van der Waals surface area contributed by atoms with Gasteiger partial charge < -0.3 is 0 Å². The summed E-state index contributed by atoms with van der Waals surface area (Å²) >= 11 is 3.41. The van der Waals surface area contributed by atoms with Crippen molar-refractivity contribution in [3.63, 3.8) is 0 Å². The summed E-state index contributed by atoms with van der Waals surface area (Å²) < 4.78 is 0. The van der Waals surface area contributed by atoms with Crippen LogP contribution >= 0.6 is 23.1 Å². The highest BCUT2D eigenvalue weighted by molar-refractivity contribution is 7.99. The molecule has 14 heavy (non-hydrogen) atoms. The third-order valence-electron chi connectivity index (χ3n) is 2.00. The number of nitrogens with zero attached hydrogens (tertiary/aromatic N) is 2. The lowest BCUT2D eigenvalue weighted by atomic mass is 10.2. The van der Waals surface area contributed by atoms with Crippen molar-refractivity contribution in [2.75, 3.05) is 5.43 Å². The Labute approximate surface area is 92.7 Å². The second-order valence-electron chi connectivity index (χ2n) is 3.41. The van der Waals surface area contributed by atoms with E-state index in [0.29, 0.717) is 16.3 Å². The Hall–Kier alpha value is -0.330. The van der Waals surface area contributed by atoms with Crippen LogP contribution in [0.15, 0.2) is 0 Å². The minimum absolute atomic E-state index is 0.646. The first-order valence-corrected chi connectivity index (χ1v) is 6.40. The fourth-order valence-electron chi connectivity index (χ4n) is 0.765. The van der Waals surface area contributed by atoms with E-state index in [1.54, 1.807) is 0 Å². The average molecular weight is 232 g/mol. The molecule has 4 nitrogen and oxygen atoms in total. The molecule has 0 saturated heterocycles. The van der Waals surface area contributed by atoms with E-state index in [-0.39, 0.29) is 0 Å². The number of nitrogen functional groups attached to an aromatic ring is 1. The summed E-state index contributed by atoms with van der Waals surface area (Å²) in [6.07, 6.45) is 0. The van der Waals surface area contributed by atoms with Gasteiger partial charge in [0, 0.05) is 11.0 Å². The third-order valence-corrected chi connectivity index (χ3v) is 4.55. The predicted molar refractivity (Wildman–Crippen MR) is 63.3 cm³/mol. The van der Waals surface area contributed by atoms with Crippen LogP contribution in [0.3, 0.4) is 0 Å². The van der Waals surface area contributed by atoms with Crippen molar-refractivity contribution in [2.45, 2.75) is 31.8 Å². The maximum Gasteiger partial charge on any atom is 0.219 e.